The van der Waals surface area contributed by atoms with E-state index in [-0.39, 0.29) is 16.9 Å². The number of esters is 2. The van der Waals surface area contributed by atoms with Crippen LogP contribution in [0.25, 0.3) is 10.8 Å². The van der Waals surface area contributed by atoms with Gasteiger partial charge in [0.25, 0.3) is 0 Å². The van der Waals surface area contributed by atoms with Gasteiger partial charge >= 0.3 is 11.9 Å². The molecule has 3 aromatic carbocycles. The van der Waals surface area contributed by atoms with Crippen molar-refractivity contribution in [3.8, 4) is 11.5 Å². The number of carbonyl (C=O) groups excluding carboxylic acids is 2. The largest absolute Gasteiger partial charge is 0.506 e. The molecule has 0 unspecified atom stereocenters. The molecule has 0 aromatic heterocycles. The number of aromatic hydroxyl groups is 1. The third-order valence-corrected chi connectivity index (χ3v) is 4.33. The number of ether oxygens (including phenoxy) is 3. The predicted molar refractivity (Wildman–Crippen MR) is 105 cm³/mol. The van der Waals surface area contributed by atoms with Crippen LogP contribution < -0.4 is 10.1 Å². The SMILES string of the molecule is COC(=O)c1c(C(=O)OC)c(Nc2ccc(OC)cc2)c2ccccc2c1O. The van der Waals surface area contributed by atoms with E-state index in [1.807, 2.05) is 0 Å². The summed E-state index contributed by atoms with van der Waals surface area (Å²) >= 11 is 0. The van der Waals surface area contributed by atoms with Crippen LogP contribution in [0.2, 0.25) is 0 Å². The second-order valence-corrected chi connectivity index (χ2v) is 5.86. The highest BCUT2D eigenvalue weighted by Crippen LogP contribution is 2.40. The number of nitrogens with one attached hydrogen (secondary N) is 1. The van der Waals surface area contributed by atoms with Gasteiger partial charge in [0.1, 0.15) is 22.6 Å². The van der Waals surface area contributed by atoms with E-state index in [9.17, 15) is 14.7 Å². The van der Waals surface area contributed by atoms with Crippen molar-refractivity contribution in [2.24, 2.45) is 0 Å². The van der Waals surface area contributed by atoms with Crippen LogP contribution in [-0.4, -0.2) is 38.4 Å². The number of hydrogen-bond donors (Lipinski definition) is 2. The molecule has 7 heteroatoms. The average molecular weight is 381 g/mol. The van der Waals surface area contributed by atoms with Crippen molar-refractivity contribution in [3.63, 3.8) is 0 Å². The zero-order valence-electron chi connectivity index (χ0n) is 15.6. The molecule has 0 aliphatic rings. The van der Waals surface area contributed by atoms with Crippen molar-refractivity contribution >= 4 is 34.1 Å². The van der Waals surface area contributed by atoms with Crippen molar-refractivity contribution in [2.45, 2.75) is 0 Å². The topological polar surface area (TPSA) is 94.1 Å². The maximum atomic E-state index is 12.6. The molecular formula is C21H19NO6. The molecule has 0 amide bonds. The minimum Gasteiger partial charge on any atom is -0.506 e. The van der Waals surface area contributed by atoms with E-state index in [0.29, 0.717) is 27.9 Å². The monoisotopic (exact) mass is 381 g/mol. The summed E-state index contributed by atoms with van der Waals surface area (Å²) in [5.41, 5.74) is 0.605. The summed E-state index contributed by atoms with van der Waals surface area (Å²) in [5.74, 6) is -1.30. The van der Waals surface area contributed by atoms with Gasteiger partial charge in [0.2, 0.25) is 0 Å². The zero-order chi connectivity index (χ0) is 20.3. The molecule has 2 N–H and O–H groups in total. The quantitative estimate of drug-likeness (QED) is 0.512. The van der Waals surface area contributed by atoms with E-state index >= 15 is 0 Å². The molecule has 7 nitrogen and oxygen atoms in total. The lowest BCUT2D eigenvalue weighted by Crippen LogP contribution is -2.15. The second-order valence-electron chi connectivity index (χ2n) is 5.86. The first-order chi connectivity index (χ1) is 13.5. The van der Waals surface area contributed by atoms with E-state index in [0.717, 1.165) is 0 Å². The summed E-state index contributed by atoms with van der Waals surface area (Å²) in [7, 11) is 3.94. The third-order valence-electron chi connectivity index (χ3n) is 4.33. The summed E-state index contributed by atoms with van der Waals surface area (Å²) in [6.07, 6.45) is 0. The Morgan fingerprint density at radius 3 is 1.96 bits per heavy atom. The Balaban J connectivity index is 2.32. The van der Waals surface area contributed by atoms with E-state index < -0.39 is 11.9 Å². The summed E-state index contributed by atoms with van der Waals surface area (Å²) in [4.78, 5) is 24.9. The Bertz CT molecular complexity index is 1040. The Morgan fingerprint density at radius 2 is 1.39 bits per heavy atom. The van der Waals surface area contributed by atoms with Crippen LogP contribution in [0.1, 0.15) is 20.7 Å². The molecule has 3 aromatic rings. The van der Waals surface area contributed by atoms with Crippen molar-refractivity contribution in [2.75, 3.05) is 26.6 Å². The van der Waals surface area contributed by atoms with Gasteiger partial charge in [0, 0.05) is 16.5 Å². The standard InChI is InChI=1S/C21H19NO6/c1-26-13-10-8-12(9-11-13)22-18-14-6-4-5-7-15(14)19(23)17(21(25)28-3)16(18)20(24)27-2/h4-11,22-23H,1-3H3. The van der Waals surface area contributed by atoms with E-state index in [4.69, 9.17) is 14.2 Å². The molecule has 0 saturated heterocycles. The summed E-state index contributed by atoms with van der Waals surface area (Å²) < 4.78 is 14.8. The molecule has 0 saturated carbocycles. The van der Waals surface area contributed by atoms with Crippen LogP contribution in [0.15, 0.2) is 48.5 Å². The molecule has 28 heavy (non-hydrogen) atoms. The molecule has 0 atom stereocenters. The highest BCUT2D eigenvalue weighted by molar-refractivity contribution is 6.18. The highest BCUT2D eigenvalue weighted by atomic mass is 16.5. The molecule has 0 bridgehead atoms. The fourth-order valence-corrected chi connectivity index (χ4v) is 2.98. The van der Waals surface area contributed by atoms with E-state index in [1.165, 1.54) is 14.2 Å². The molecule has 0 aliphatic heterocycles. The molecule has 3 rings (SSSR count). The number of carbonyl (C=O) groups is 2. The van der Waals surface area contributed by atoms with Crippen LogP contribution in [-0.2, 0) is 9.47 Å². The van der Waals surface area contributed by atoms with Gasteiger partial charge in [-0.3, -0.25) is 0 Å². The van der Waals surface area contributed by atoms with E-state index in [1.54, 1.807) is 55.6 Å². The van der Waals surface area contributed by atoms with Gasteiger partial charge in [0.15, 0.2) is 0 Å². The van der Waals surface area contributed by atoms with Crippen LogP contribution >= 0.6 is 0 Å². The molecular weight excluding hydrogens is 362 g/mol. The third kappa shape index (κ3) is 3.29. The van der Waals surface area contributed by atoms with Gasteiger partial charge in [-0.1, -0.05) is 24.3 Å². The maximum Gasteiger partial charge on any atom is 0.342 e. The number of fused-ring (bicyclic) bond motifs is 1. The molecule has 0 aliphatic carbocycles. The van der Waals surface area contributed by atoms with Crippen molar-refractivity contribution in [1.82, 2.24) is 0 Å². The average Bonchev–Trinajstić information content (AvgIpc) is 2.74. The van der Waals surface area contributed by atoms with Gasteiger partial charge in [-0.05, 0) is 24.3 Å². The molecule has 0 heterocycles. The summed E-state index contributed by atoms with van der Waals surface area (Å²) in [5, 5.41) is 14.8. The second kappa shape index (κ2) is 7.87. The number of methoxy groups -OCH3 is 3. The lowest BCUT2D eigenvalue weighted by Gasteiger charge is -2.18. The van der Waals surface area contributed by atoms with Gasteiger partial charge in [-0.15, -0.1) is 0 Å². The summed E-state index contributed by atoms with van der Waals surface area (Å²) in [6, 6.07) is 13.9. The minimum absolute atomic E-state index is 0.110. The van der Waals surface area contributed by atoms with Crippen LogP contribution in [0.3, 0.4) is 0 Å². The zero-order valence-corrected chi connectivity index (χ0v) is 15.6. The Kier molecular flexibility index (Phi) is 5.35. The fourth-order valence-electron chi connectivity index (χ4n) is 2.98. The lowest BCUT2D eigenvalue weighted by molar-refractivity contribution is 0.0553. The number of phenolic OH excluding ortho intramolecular Hbond substituents is 1. The van der Waals surface area contributed by atoms with Crippen LogP contribution in [0, 0.1) is 0 Å². The molecule has 0 fully saturated rings. The van der Waals surface area contributed by atoms with Crippen LogP contribution in [0.4, 0.5) is 11.4 Å². The Hall–Kier alpha value is -3.74. The van der Waals surface area contributed by atoms with Gasteiger partial charge in [-0.25, -0.2) is 9.59 Å². The smallest absolute Gasteiger partial charge is 0.342 e. The number of rotatable bonds is 5. The lowest BCUT2D eigenvalue weighted by atomic mass is 9.96. The van der Waals surface area contributed by atoms with Crippen molar-refractivity contribution < 1.29 is 28.9 Å². The molecule has 144 valence electrons. The fraction of sp³-hybridized carbons (Fsp3) is 0.143. The predicted octanol–water partition coefficient (Wildman–Crippen LogP) is 3.87. The van der Waals surface area contributed by atoms with Gasteiger partial charge in [0.05, 0.1) is 27.0 Å². The first kappa shape index (κ1) is 19.0. The Morgan fingerprint density at radius 1 is 0.821 bits per heavy atom. The minimum atomic E-state index is -0.846. The normalized spacial score (nSPS) is 10.4. The Labute approximate surface area is 161 Å². The first-order valence-electron chi connectivity index (χ1n) is 8.37. The maximum absolute atomic E-state index is 12.6. The number of benzene rings is 3. The summed E-state index contributed by atoms with van der Waals surface area (Å²) in [6.45, 7) is 0. The van der Waals surface area contributed by atoms with Gasteiger partial charge < -0.3 is 24.6 Å². The number of hydrogen-bond acceptors (Lipinski definition) is 7. The van der Waals surface area contributed by atoms with Crippen molar-refractivity contribution in [3.05, 3.63) is 59.7 Å². The molecule has 0 spiro atoms. The van der Waals surface area contributed by atoms with Gasteiger partial charge in [-0.2, -0.15) is 0 Å². The highest BCUT2D eigenvalue weighted by Gasteiger charge is 2.29. The molecule has 0 radical (unpaired) electrons. The number of phenols is 1. The van der Waals surface area contributed by atoms with Crippen molar-refractivity contribution in [1.29, 1.82) is 0 Å². The van der Waals surface area contributed by atoms with Crippen LogP contribution in [0.5, 0.6) is 11.5 Å². The number of anilines is 2. The first-order valence-corrected chi connectivity index (χ1v) is 8.37. The van der Waals surface area contributed by atoms with E-state index in [2.05, 4.69) is 5.32 Å².